The molecule has 0 aliphatic heterocycles. The molecule has 2 rings (SSSR count). The summed E-state index contributed by atoms with van der Waals surface area (Å²) in [5.41, 5.74) is 1.68. The van der Waals surface area contributed by atoms with Gasteiger partial charge in [0.2, 0.25) is 0 Å². The van der Waals surface area contributed by atoms with E-state index in [-0.39, 0.29) is 0 Å². The van der Waals surface area contributed by atoms with Crippen LogP contribution >= 0.6 is 11.3 Å². The van der Waals surface area contributed by atoms with Gasteiger partial charge >= 0.3 is 0 Å². The number of hydrogen-bond donors (Lipinski definition) is 1. The molecule has 0 aliphatic rings. The van der Waals surface area contributed by atoms with Crippen LogP contribution in [0.1, 0.15) is 33.6 Å². The molecule has 2 aromatic rings. The van der Waals surface area contributed by atoms with Gasteiger partial charge in [0.25, 0.3) is 0 Å². The lowest BCUT2D eigenvalue weighted by molar-refractivity contribution is 0.370. The lowest BCUT2D eigenvalue weighted by atomic mass is 9.91. The van der Waals surface area contributed by atoms with Crippen molar-refractivity contribution >= 4 is 27.1 Å². The van der Waals surface area contributed by atoms with E-state index in [1.54, 1.807) is 11.3 Å². The van der Waals surface area contributed by atoms with Crippen LogP contribution < -0.4 is 5.32 Å². The smallest absolute Gasteiger partial charge is 0.0347 e. The Morgan fingerprint density at radius 3 is 2.76 bits per heavy atom. The van der Waals surface area contributed by atoms with E-state index in [0.717, 1.165) is 6.54 Å². The van der Waals surface area contributed by atoms with Crippen molar-refractivity contribution in [3.8, 4) is 0 Å². The number of anilines is 1. The maximum absolute atomic E-state index is 3.50. The fraction of sp³-hybridized carbons (Fsp3) is 0.467. The molecule has 0 spiro atoms. The Bertz CT molecular complexity index is 479. The normalized spacial score (nSPS) is 11.9. The van der Waals surface area contributed by atoms with Crippen LogP contribution in [0.25, 0.3) is 10.1 Å². The molecule has 0 aliphatic carbocycles. The lowest BCUT2D eigenvalue weighted by Crippen LogP contribution is -2.09. The molecule has 0 bridgehead atoms. The van der Waals surface area contributed by atoms with Crippen LogP contribution in [0.3, 0.4) is 0 Å². The average Bonchev–Trinajstić information content (AvgIpc) is 2.70. The van der Waals surface area contributed by atoms with Crippen molar-refractivity contribution in [1.29, 1.82) is 0 Å². The summed E-state index contributed by atoms with van der Waals surface area (Å²) in [6.07, 6.45) is 2.49. The van der Waals surface area contributed by atoms with E-state index in [0.29, 0.717) is 5.41 Å². The van der Waals surface area contributed by atoms with Crippen molar-refractivity contribution in [1.82, 2.24) is 0 Å². The minimum atomic E-state index is 0.443. The number of nitrogens with one attached hydrogen (secondary N) is 1. The van der Waals surface area contributed by atoms with Gasteiger partial charge in [0.15, 0.2) is 0 Å². The van der Waals surface area contributed by atoms with Gasteiger partial charge in [-0.3, -0.25) is 0 Å². The van der Waals surface area contributed by atoms with Crippen molar-refractivity contribution in [3.05, 3.63) is 29.6 Å². The van der Waals surface area contributed by atoms with Gasteiger partial charge in [-0.05, 0) is 53.3 Å². The molecule has 92 valence electrons. The third-order valence-corrected chi connectivity index (χ3v) is 3.78. The van der Waals surface area contributed by atoms with E-state index in [1.165, 1.54) is 28.6 Å². The highest BCUT2D eigenvalue weighted by molar-refractivity contribution is 7.17. The largest absolute Gasteiger partial charge is 0.385 e. The van der Waals surface area contributed by atoms with E-state index < -0.39 is 0 Å². The molecule has 17 heavy (non-hydrogen) atoms. The molecule has 0 radical (unpaired) electrons. The molecule has 0 saturated heterocycles. The quantitative estimate of drug-likeness (QED) is 0.738. The first-order valence-electron chi connectivity index (χ1n) is 6.26. The highest BCUT2D eigenvalue weighted by atomic mass is 32.1. The summed E-state index contributed by atoms with van der Waals surface area (Å²) < 4.78 is 1.37. The number of benzene rings is 1. The standard InChI is InChI=1S/C15H21NS/c1-15(2,3)8-4-9-16-13-5-6-14-12(11-13)7-10-17-14/h5-7,10-11,16H,4,8-9H2,1-3H3. The zero-order valence-electron chi connectivity index (χ0n) is 10.9. The summed E-state index contributed by atoms with van der Waals surface area (Å²) >= 11 is 1.80. The maximum atomic E-state index is 3.50. The zero-order chi connectivity index (χ0) is 12.3. The van der Waals surface area contributed by atoms with Gasteiger partial charge in [-0.2, -0.15) is 0 Å². The monoisotopic (exact) mass is 247 g/mol. The predicted octanol–water partition coefficient (Wildman–Crippen LogP) is 5.14. The van der Waals surface area contributed by atoms with E-state index in [4.69, 9.17) is 0 Å². The van der Waals surface area contributed by atoms with Crippen LogP contribution in [0.4, 0.5) is 5.69 Å². The van der Waals surface area contributed by atoms with E-state index in [1.807, 2.05) is 0 Å². The van der Waals surface area contributed by atoms with Gasteiger partial charge in [-0.25, -0.2) is 0 Å². The van der Waals surface area contributed by atoms with Crippen molar-refractivity contribution in [2.45, 2.75) is 33.6 Å². The highest BCUT2D eigenvalue weighted by Gasteiger charge is 2.08. The first-order chi connectivity index (χ1) is 8.04. The van der Waals surface area contributed by atoms with Crippen molar-refractivity contribution in [2.24, 2.45) is 5.41 Å². The second-order valence-corrected chi connectivity index (χ2v) is 6.71. The van der Waals surface area contributed by atoms with Crippen molar-refractivity contribution in [3.63, 3.8) is 0 Å². The van der Waals surface area contributed by atoms with Crippen molar-refractivity contribution < 1.29 is 0 Å². The Kier molecular flexibility index (Phi) is 3.72. The summed E-state index contributed by atoms with van der Waals surface area (Å²) in [5.74, 6) is 0. The summed E-state index contributed by atoms with van der Waals surface area (Å²) in [4.78, 5) is 0. The van der Waals surface area contributed by atoms with Gasteiger partial charge in [0, 0.05) is 16.9 Å². The molecular formula is C15H21NS. The van der Waals surface area contributed by atoms with Gasteiger partial charge < -0.3 is 5.32 Å². The molecule has 1 N–H and O–H groups in total. The number of fused-ring (bicyclic) bond motifs is 1. The lowest BCUT2D eigenvalue weighted by Gasteiger charge is -2.18. The van der Waals surface area contributed by atoms with Crippen LogP contribution in [0, 0.1) is 5.41 Å². The van der Waals surface area contributed by atoms with Gasteiger partial charge in [-0.1, -0.05) is 20.8 Å². The van der Waals surface area contributed by atoms with Gasteiger partial charge in [0.05, 0.1) is 0 Å². The fourth-order valence-electron chi connectivity index (χ4n) is 1.93. The van der Waals surface area contributed by atoms with Crippen LogP contribution in [-0.4, -0.2) is 6.54 Å². The molecule has 1 heterocycles. The van der Waals surface area contributed by atoms with Crippen LogP contribution in [0.2, 0.25) is 0 Å². The SMILES string of the molecule is CC(C)(C)CCCNc1ccc2sccc2c1. The molecule has 0 amide bonds. The van der Waals surface area contributed by atoms with E-state index in [9.17, 15) is 0 Å². The second kappa shape index (κ2) is 5.09. The molecule has 1 nitrogen and oxygen atoms in total. The van der Waals surface area contributed by atoms with Crippen LogP contribution in [0.5, 0.6) is 0 Å². The minimum absolute atomic E-state index is 0.443. The number of rotatable bonds is 4. The molecule has 0 unspecified atom stereocenters. The van der Waals surface area contributed by atoms with Crippen molar-refractivity contribution in [2.75, 3.05) is 11.9 Å². The first-order valence-corrected chi connectivity index (χ1v) is 7.14. The third kappa shape index (κ3) is 3.74. The van der Waals surface area contributed by atoms with E-state index in [2.05, 4.69) is 55.7 Å². The van der Waals surface area contributed by atoms with Gasteiger partial charge in [-0.15, -0.1) is 11.3 Å². The topological polar surface area (TPSA) is 12.0 Å². The van der Waals surface area contributed by atoms with Crippen LogP contribution in [0.15, 0.2) is 29.6 Å². The third-order valence-electron chi connectivity index (χ3n) is 2.89. The minimum Gasteiger partial charge on any atom is -0.385 e. The Labute approximate surface area is 108 Å². The van der Waals surface area contributed by atoms with Crippen LogP contribution in [-0.2, 0) is 0 Å². The molecule has 0 saturated carbocycles. The number of hydrogen-bond acceptors (Lipinski definition) is 2. The highest BCUT2D eigenvalue weighted by Crippen LogP contribution is 2.24. The summed E-state index contributed by atoms with van der Waals surface area (Å²) in [7, 11) is 0. The zero-order valence-corrected chi connectivity index (χ0v) is 11.7. The predicted molar refractivity (Wildman–Crippen MR) is 79.0 cm³/mol. The molecular weight excluding hydrogens is 226 g/mol. The maximum Gasteiger partial charge on any atom is 0.0347 e. The first kappa shape index (κ1) is 12.4. The molecule has 1 aromatic carbocycles. The Morgan fingerprint density at radius 2 is 2.00 bits per heavy atom. The Morgan fingerprint density at radius 1 is 1.18 bits per heavy atom. The van der Waals surface area contributed by atoms with E-state index >= 15 is 0 Å². The molecule has 0 fully saturated rings. The van der Waals surface area contributed by atoms with Gasteiger partial charge in [0.1, 0.15) is 0 Å². The molecule has 0 atom stereocenters. The summed E-state index contributed by atoms with van der Waals surface area (Å²) in [6, 6.07) is 8.80. The molecule has 2 heteroatoms. The number of thiophene rings is 1. The second-order valence-electron chi connectivity index (χ2n) is 5.76. The average molecular weight is 247 g/mol. The summed E-state index contributed by atoms with van der Waals surface area (Å²) in [5, 5.41) is 6.99. The Hall–Kier alpha value is -1.02. The Balaban J connectivity index is 1.86. The molecule has 1 aromatic heterocycles. The fourth-order valence-corrected chi connectivity index (χ4v) is 2.70. The summed E-state index contributed by atoms with van der Waals surface area (Å²) in [6.45, 7) is 7.95.